The van der Waals surface area contributed by atoms with Gasteiger partial charge in [0.2, 0.25) is 5.91 Å². The number of amides is 1. The molecule has 1 aliphatic carbocycles. The molecule has 0 radical (unpaired) electrons. The molecule has 86 valence electrons. The van der Waals surface area contributed by atoms with Crippen LogP contribution in [-0.2, 0) is 9.59 Å². The third kappa shape index (κ3) is 4.55. The maximum absolute atomic E-state index is 11.6. The second-order valence-corrected chi connectivity index (χ2v) is 5.17. The average molecular weight is 231 g/mol. The van der Waals surface area contributed by atoms with Gasteiger partial charge in [-0.05, 0) is 19.8 Å². The summed E-state index contributed by atoms with van der Waals surface area (Å²) >= 11 is 1.16. The van der Waals surface area contributed by atoms with Crippen LogP contribution in [0.25, 0.3) is 0 Å². The van der Waals surface area contributed by atoms with E-state index in [1.165, 1.54) is 12.8 Å². The maximum atomic E-state index is 11.6. The first-order chi connectivity index (χ1) is 7.09. The van der Waals surface area contributed by atoms with Gasteiger partial charge in [-0.1, -0.05) is 12.8 Å². The molecule has 0 aromatic heterocycles. The lowest BCUT2D eigenvalue weighted by atomic mass is 10.2. The highest BCUT2D eigenvalue weighted by atomic mass is 32.2. The first-order valence-electron chi connectivity index (χ1n) is 5.23. The monoisotopic (exact) mass is 231 g/mol. The van der Waals surface area contributed by atoms with Gasteiger partial charge in [-0.3, -0.25) is 9.59 Å². The quantitative estimate of drug-likeness (QED) is 0.747. The molecule has 0 aromatic rings. The van der Waals surface area contributed by atoms with E-state index in [4.69, 9.17) is 5.11 Å². The third-order valence-corrected chi connectivity index (χ3v) is 3.66. The number of carbonyl (C=O) groups is 2. The molecule has 1 unspecified atom stereocenters. The minimum absolute atomic E-state index is 0.0146. The highest BCUT2D eigenvalue weighted by Crippen LogP contribution is 2.18. The van der Waals surface area contributed by atoms with Crippen molar-refractivity contribution in [2.45, 2.75) is 43.9 Å². The van der Waals surface area contributed by atoms with Gasteiger partial charge in [-0.15, -0.1) is 11.8 Å². The van der Waals surface area contributed by atoms with Gasteiger partial charge in [0.05, 0.1) is 11.0 Å². The number of aliphatic carboxylic acids is 1. The predicted molar refractivity (Wildman–Crippen MR) is 60.0 cm³/mol. The molecule has 1 rings (SSSR count). The van der Waals surface area contributed by atoms with E-state index >= 15 is 0 Å². The molecule has 0 heterocycles. The molecule has 2 N–H and O–H groups in total. The maximum Gasteiger partial charge on any atom is 0.313 e. The SMILES string of the molecule is CC(SCC(=O)O)C(=O)NC1CCCC1. The summed E-state index contributed by atoms with van der Waals surface area (Å²) < 4.78 is 0. The molecule has 4 nitrogen and oxygen atoms in total. The van der Waals surface area contributed by atoms with E-state index in [1.54, 1.807) is 6.92 Å². The fourth-order valence-corrected chi connectivity index (χ4v) is 2.27. The van der Waals surface area contributed by atoms with Crippen molar-refractivity contribution < 1.29 is 14.7 Å². The Morgan fingerprint density at radius 3 is 2.60 bits per heavy atom. The van der Waals surface area contributed by atoms with Gasteiger partial charge < -0.3 is 10.4 Å². The Labute approximate surface area is 93.8 Å². The van der Waals surface area contributed by atoms with E-state index in [2.05, 4.69) is 5.32 Å². The van der Waals surface area contributed by atoms with Crippen LogP contribution >= 0.6 is 11.8 Å². The fraction of sp³-hybridized carbons (Fsp3) is 0.800. The second kappa shape index (κ2) is 6.00. The number of carboxylic acids is 1. The summed E-state index contributed by atoms with van der Waals surface area (Å²) in [5.41, 5.74) is 0. The lowest BCUT2D eigenvalue weighted by Crippen LogP contribution is -2.38. The molecule has 1 saturated carbocycles. The predicted octanol–water partition coefficient (Wildman–Crippen LogP) is 1.25. The van der Waals surface area contributed by atoms with Gasteiger partial charge in [0.15, 0.2) is 0 Å². The number of carbonyl (C=O) groups excluding carboxylic acids is 1. The summed E-state index contributed by atoms with van der Waals surface area (Å²) in [4.78, 5) is 21.9. The highest BCUT2D eigenvalue weighted by molar-refractivity contribution is 8.01. The van der Waals surface area contributed by atoms with Crippen molar-refractivity contribution in [2.75, 3.05) is 5.75 Å². The Kier molecular flexibility index (Phi) is 4.94. The standard InChI is InChI=1S/C10H17NO3S/c1-7(15-6-9(12)13)10(14)11-8-4-2-3-5-8/h7-8H,2-6H2,1H3,(H,11,14)(H,12,13). The van der Waals surface area contributed by atoms with E-state index in [9.17, 15) is 9.59 Å². The van der Waals surface area contributed by atoms with Crippen LogP contribution in [-0.4, -0.2) is 34.0 Å². The molecule has 5 heteroatoms. The minimum atomic E-state index is -0.875. The summed E-state index contributed by atoms with van der Waals surface area (Å²) in [6.45, 7) is 1.75. The molecular weight excluding hydrogens is 214 g/mol. The number of rotatable bonds is 5. The van der Waals surface area contributed by atoms with Crippen molar-refractivity contribution in [2.24, 2.45) is 0 Å². The number of hydrogen-bond acceptors (Lipinski definition) is 3. The summed E-state index contributed by atoms with van der Waals surface area (Å²) in [6, 6.07) is 0.311. The fourth-order valence-electron chi connectivity index (χ4n) is 1.66. The number of carboxylic acid groups (broad SMARTS) is 1. The Morgan fingerprint density at radius 1 is 1.47 bits per heavy atom. The largest absolute Gasteiger partial charge is 0.481 e. The zero-order chi connectivity index (χ0) is 11.3. The van der Waals surface area contributed by atoms with Crippen molar-refractivity contribution in [1.29, 1.82) is 0 Å². The smallest absolute Gasteiger partial charge is 0.313 e. The van der Waals surface area contributed by atoms with Crippen molar-refractivity contribution in [3.8, 4) is 0 Å². The topological polar surface area (TPSA) is 66.4 Å². The number of thioether (sulfide) groups is 1. The normalized spacial score (nSPS) is 18.7. The van der Waals surface area contributed by atoms with Gasteiger partial charge in [0, 0.05) is 6.04 Å². The van der Waals surface area contributed by atoms with Crippen molar-refractivity contribution in [1.82, 2.24) is 5.32 Å². The van der Waals surface area contributed by atoms with Gasteiger partial charge in [-0.25, -0.2) is 0 Å². The summed E-state index contributed by atoms with van der Waals surface area (Å²) in [5, 5.41) is 11.1. The molecule has 0 aromatic carbocycles. The molecular formula is C10H17NO3S. The Bertz CT molecular complexity index is 239. The van der Waals surface area contributed by atoms with Gasteiger partial charge in [0.25, 0.3) is 0 Å². The van der Waals surface area contributed by atoms with Crippen LogP contribution in [0.5, 0.6) is 0 Å². The summed E-state index contributed by atoms with van der Waals surface area (Å²) in [5.74, 6) is -0.923. The molecule has 0 aliphatic heterocycles. The minimum Gasteiger partial charge on any atom is -0.481 e. The molecule has 0 saturated heterocycles. The van der Waals surface area contributed by atoms with E-state index in [0.717, 1.165) is 24.6 Å². The number of nitrogens with one attached hydrogen (secondary N) is 1. The molecule has 1 aliphatic rings. The van der Waals surface area contributed by atoms with E-state index in [0.29, 0.717) is 6.04 Å². The molecule has 0 bridgehead atoms. The van der Waals surface area contributed by atoms with Gasteiger partial charge in [0.1, 0.15) is 0 Å². The van der Waals surface area contributed by atoms with Crippen LogP contribution < -0.4 is 5.32 Å². The molecule has 1 atom stereocenters. The van der Waals surface area contributed by atoms with Crippen molar-refractivity contribution >= 4 is 23.6 Å². The Morgan fingerprint density at radius 2 is 2.07 bits per heavy atom. The van der Waals surface area contributed by atoms with E-state index < -0.39 is 5.97 Å². The van der Waals surface area contributed by atoms with Crippen LogP contribution in [0.2, 0.25) is 0 Å². The molecule has 1 fully saturated rings. The zero-order valence-electron chi connectivity index (χ0n) is 8.86. The first-order valence-corrected chi connectivity index (χ1v) is 6.28. The highest BCUT2D eigenvalue weighted by Gasteiger charge is 2.21. The van der Waals surface area contributed by atoms with Crippen molar-refractivity contribution in [3.63, 3.8) is 0 Å². The van der Waals surface area contributed by atoms with Crippen LogP contribution in [0.15, 0.2) is 0 Å². The average Bonchev–Trinajstić information content (AvgIpc) is 2.66. The number of hydrogen-bond donors (Lipinski definition) is 2. The lowest BCUT2D eigenvalue weighted by molar-refractivity contribution is -0.133. The Hall–Kier alpha value is -0.710. The van der Waals surface area contributed by atoms with Crippen molar-refractivity contribution in [3.05, 3.63) is 0 Å². The lowest BCUT2D eigenvalue weighted by Gasteiger charge is -2.15. The van der Waals surface area contributed by atoms with Crippen LogP contribution in [0.4, 0.5) is 0 Å². The van der Waals surface area contributed by atoms with Crippen LogP contribution in [0, 0.1) is 0 Å². The molecule has 1 amide bonds. The molecule has 0 spiro atoms. The second-order valence-electron chi connectivity index (χ2n) is 3.84. The Balaban J connectivity index is 2.22. The van der Waals surface area contributed by atoms with E-state index in [1.807, 2.05) is 0 Å². The summed E-state index contributed by atoms with van der Waals surface area (Å²) in [6.07, 6.45) is 4.48. The molecule has 15 heavy (non-hydrogen) atoms. The first kappa shape index (κ1) is 12.4. The van der Waals surface area contributed by atoms with Gasteiger partial charge in [-0.2, -0.15) is 0 Å². The van der Waals surface area contributed by atoms with E-state index in [-0.39, 0.29) is 16.9 Å². The zero-order valence-corrected chi connectivity index (χ0v) is 9.68. The van der Waals surface area contributed by atoms with Crippen LogP contribution in [0.3, 0.4) is 0 Å². The van der Waals surface area contributed by atoms with Crippen LogP contribution in [0.1, 0.15) is 32.6 Å². The summed E-state index contributed by atoms with van der Waals surface area (Å²) in [7, 11) is 0. The van der Waals surface area contributed by atoms with Gasteiger partial charge >= 0.3 is 5.97 Å². The third-order valence-electron chi connectivity index (χ3n) is 2.53.